The summed E-state index contributed by atoms with van der Waals surface area (Å²) in [5, 5.41) is 6.69. The van der Waals surface area contributed by atoms with Gasteiger partial charge in [-0.05, 0) is 49.9 Å². The number of carbonyl (C=O) groups is 3. The number of rotatable bonds is 12. The summed E-state index contributed by atoms with van der Waals surface area (Å²) >= 11 is 0. The fourth-order valence-corrected chi connectivity index (χ4v) is 3.60. The molecule has 8 nitrogen and oxygen atoms in total. The van der Waals surface area contributed by atoms with Crippen LogP contribution in [0.25, 0.3) is 0 Å². The maximum Gasteiger partial charge on any atom is 0.310 e. The van der Waals surface area contributed by atoms with Gasteiger partial charge in [0.25, 0.3) is 5.56 Å². The second-order valence-corrected chi connectivity index (χ2v) is 8.62. The smallest absolute Gasteiger partial charge is 0.310 e. The maximum absolute atomic E-state index is 11.7. The van der Waals surface area contributed by atoms with Gasteiger partial charge in [-0.25, -0.2) is 4.68 Å². The molecule has 0 atom stereocenters. The van der Waals surface area contributed by atoms with E-state index in [4.69, 9.17) is 4.74 Å². The van der Waals surface area contributed by atoms with Gasteiger partial charge in [-0.3, -0.25) is 19.2 Å². The number of amides is 1. The van der Waals surface area contributed by atoms with Crippen molar-refractivity contribution in [1.29, 1.82) is 0 Å². The van der Waals surface area contributed by atoms with Crippen LogP contribution in [-0.4, -0.2) is 41.1 Å². The second-order valence-electron chi connectivity index (χ2n) is 8.62. The third-order valence-electron chi connectivity index (χ3n) is 5.38. The molecule has 8 heteroatoms. The Morgan fingerprint density at radius 2 is 1.70 bits per heavy atom. The zero-order valence-electron chi connectivity index (χ0n) is 21.7. The van der Waals surface area contributed by atoms with E-state index >= 15 is 0 Å². The van der Waals surface area contributed by atoms with Crippen LogP contribution in [0.5, 0.6) is 0 Å². The minimum absolute atomic E-state index is 0.142. The van der Waals surface area contributed by atoms with Crippen LogP contribution in [0.2, 0.25) is 0 Å². The van der Waals surface area contributed by atoms with E-state index in [0.29, 0.717) is 38.9 Å². The lowest BCUT2D eigenvalue weighted by molar-refractivity contribution is -0.142. The number of nitrogens with one attached hydrogen (secondary N) is 1. The Labute approximate surface area is 217 Å². The average Bonchev–Trinajstić information content (AvgIpc) is 2.86. The first-order chi connectivity index (χ1) is 17.8. The fraction of sp³-hybridized carbons (Fsp3) is 0.345. The highest BCUT2D eigenvalue weighted by atomic mass is 16.5. The number of aryl methyl sites for hydroxylation is 3. The molecule has 0 aliphatic carbocycles. The van der Waals surface area contributed by atoms with E-state index in [9.17, 15) is 19.2 Å². The highest BCUT2D eigenvalue weighted by Gasteiger charge is 2.06. The van der Waals surface area contributed by atoms with Gasteiger partial charge in [0, 0.05) is 25.5 Å². The molecule has 1 aromatic heterocycles. The maximum atomic E-state index is 11.7. The minimum atomic E-state index is -0.250. The van der Waals surface area contributed by atoms with E-state index < -0.39 is 0 Å². The number of carbonyl (C=O) groups excluding carboxylic acids is 3. The topological polar surface area (TPSA) is 107 Å². The molecule has 37 heavy (non-hydrogen) atoms. The van der Waals surface area contributed by atoms with Gasteiger partial charge in [-0.1, -0.05) is 54.1 Å². The van der Waals surface area contributed by atoms with Crippen molar-refractivity contribution in [1.82, 2.24) is 15.1 Å². The van der Waals surface area contributed by atoms with Crippen molar-refractivity contribution in [3.8, 4) is 0 Å². The molecule has 2 aromatic carbocycles. The summed E-state index contributed by atoms with van der Waals surface area (Å²) < 4.78 is 6.35. The standard InChI is InChI=1S/C16H18N2O3.C13H17NO2/c1-3-21-16(20)10-13-5-4-6-14(9-13)11-18-15(19)8-7-12(2)17-18;1-11-3-2-4-12(9-11)5-6-13(16)7-8-14-10-15/h4-9H,3,10-11H2,1-2H3;2-4,9-10H,5-8H2,1H3,(H,14,15). The van der Waals surface area contributed by atoms with E-state index in [1.807, 2.05) is 56.3 Å². The molecule has 0 aliphatic heterocycles. The van der Waals surface area contributed by atoms with E-state index in [1.165, 1.54) is 21.9 Å². The Kier molecular flexibility index (Phi) is 12.5. The SMILES string of the molecule is CCOC(=O)Cc1cccc(Cn2nc(C)ccc2=O)c1.Cc1cccc(CCC(=O)CCNC=O)c1. The molecule has 1 N–H and O–H groups in total. The molecule has 1 amide bonds. The van der Waals surface area contributed by atoms with Crippen LogP contribution in [0.15, 0.2) is 65.5 Å². The van der Waals surface area contributed by atoms with Crippen molar-refractivity contribution in [2.45, 2.75) is 53.0 Å². The Balaban J connectivity index is 0.000000271. The lowest BCUT2D eigenvalue weighted by Gasteiger charge is -2.07. The quantitative estimate of drug-likeness (QED) is 0.230. The summed E-state index contributed by atoms with van der Waals surface area (Å²) in [4.78, 5) is 44.6. The molecule has 0 bridgehead atoms. The molecule has 0 saturated heterocycles. The number of ketones is 1. The predicted octanol–water partition coefficient (Wildman–Crippen LogP) is 3.34. The number of ether oxygens (including phenoxy) is 1. The number of benzene rings is 2. The molecule has 0 radical (unpaired) electrons. The number of Topliss-reactive ketones (excluding diaryl/α,β-unsaturated/α-hetero) is 1. The molecule has 3 rings (SSSR count). The lowest BCUT2D eigenvalue weighted by atomic mass is 10.0. The number of aromatic nitrogens is 2. The van der Waals surface area contributed by atoms with E-state index in [-0.39, 0.29) is 23.7 Å². The van der Waals surface area contributed by atoms with Crippen LogP contribution in [0.3, 0.4) is 0 Å². The Bertz CT molecular complexity index is 1240. The highest BCUT2D eigenvalue weighted by Crippen LogP contribution is 2.09. The average molecular weight is 506 g/mol. The van der Waals surface area contributed by atoms with Crippen LogP contribution in [-0.2, 0) is 38.5 Å². The predicted molar refractivity (Wildman–Crippen MR) is 142 cm³/mol. The van der Waals surface area contributed by atoms with Crippen molar-refractivity contribution in [2.24, 2.45) is 0 Å². The second kappa shape index (κ2) is 15.8. The van der Waals surface area contributed by atoms with Gasteiger partial charge >= 0.3 is 5.97 Å². The summed E-state index contributed by atoms with van der Waals surface area (Å²) in [6.45, 7) is 6.87. The van der Waals surface area contributed by atoms with Crippen molar-refractivity contribution in [3.63, 3.8) is 0 Å². The van der Waals surface area contributed by atoms with Crippen LogP contribution >= 0.6 is 0 Å². The first-order valence-corrected chi connectivity index (χ1v) is 12.3. The number of hydrogen-bond acceptors (Lipinski definition) is 6. The van der Waals surface area contributed by atoms with E-state index in [1.54, 1.807) is 13.0 Å². The summed E-state index contributed by atoms with van der Waals surface area (Å²) in [6.07, 6.45) is 2.60. The number of esters is 1. The van der Waals surface area contributed by atoms with E-state index in [2.05, 4.69) is 16.5 Å². The largest absolute Gasteiger partial charge is 0.466 e. The number of hydrogen-bond donors (Lipinski definition) is 1. The third-order valence-corrected chi connectivity index (χ3v) is 5.38. The van der Waals surface area contributed by atoms with Gasteiger partial charge < -0.3 is 10.1 Å². The van der Waals surface area contributed by atoms with Gasteiger partial charge in [0.1, 0.15) is 5.78 Å². The van der Waals surface area contributed by atoms with Crippen LogP contribution in [0.4, 0.5) is 0 Å². The van der Waals surface area contributed by atoms with Gasteiger partial charge in [0.2, 0.25) is 6.41 Å². The normalized spacial score (nSPS) is 10.1. The van der Waals surface area contributed by atoms with Gasteiger partial charge in [0.15, 0.2) is 0 Å². The zero-order chi connectivity index (χ0) is 27.0. The molecule has 196 valence electrons. The van der Waals surface area contributed by atoms with Crippen LogP contribution in [0, 0.1) is 13.8 Å². The summed E-state index contributed by atoms with van der Waals surface area (Å²) in [6, 6.07) is 18.9. The summed E-state index contributed by atoms with van der Waals surface area (Å²) in [5.41, 5.74) is 4.85. The number of nitrogens with zero attached hydrogens (tertiary/aromatic N) is 2. The fourth-order valence-electron chi connectivity index (χ4n) is 3.60. The van der Waals surface area contributed by atoms with Gasteiger partial charge in [0.05, 0.1) is 25.3 Å². The van der Waals surface area contributed by atoms with Crippen LogP contribution in [0.1, 0.15) is 47.7 Å². The monoisotopic (exact) mass is 505 g/mol. The molecule has 0 saturated carbocycles. The first-order valence-electron chi connectivity index (χ1n) is 12.3. The molecule has 0 spiro atoms. The summed E-state index contributed by atoms with van der Waals surface area (Å²) in [7, 11) is 0. The Morgan fingerprint density at radius 1 is 0.973 bits per heavy atom. The molecule has 0 aliphatic rings. The molecule has 1 heterocycles. The van der Waals surface area contributed by atoms with Crippen molar-refractivity contribution >= 4 is 18.2 Å². The van der Waals surface area contributed by atoms with Crippen molar-refractivity contribution in [2.75, 3.05) is 13.2 Å². The van der Waals surface area contributed by atoms with Gasteiger partial charge in [-0.2, -0.15) is 5.10 Å². The minimum Gasteiger partial charge on any atom is -0.466 e. The molecular weight excluding hydrogens is 470 g/mol. The highest BCUT2D eigenvalue weighted by molar-refractivity contribution is 5.79. The third kappa shape index (κ3) is 11.5. The zero-order valence-corrected chi connectivity index (χ0v) is 21.7. The van der Waals surface area contributed by atoms with Gasteiger partial charge in [-0.15, -0.1) is 0 Å². The van der Waals surface area contributed by atoms with Crippen molar-refractivity contribution < 1.29 is 19.1 Å². The Hall–Kier alpha value is -4.07. The molecule has 3 aromatic rings. The van der Waals surface area contributed by atoms with E-state index in [0.717, 1.165) is 23.2 Å². The van der Waals surface area contributed by atoms with Crippen LogP contribution < -0.4 is 10.9 Å². The first kappa shape index (κ1) is 29.2. The summed E-state index contributed by atoms with van der Waals surface area (Å²) in [5.74, 6) is -0.0589. The van der Waals surface area contributed by atoms with Crippen molar-refractivity contribution in [3.05, 3.63) is 99.0 Å². The lowest BCUT2D eigenvalue weighted by Crippen LogP contribution is -2.23. The Morgan fingerprint density at radius 3 is 2.43 bits per heavy atom. The molecular formula is C29H35N3O5. The molecule has 0 unspecified atom stereocenters. The molecule has 0 fully saturated rings.